The summed E-state index contributed by atoms with van der Waals surface area (Å²) in [5.74, 6) is -0.748. The summed E-state index contributed by atoms with van der Waals surface area (Å²) in [7, 11) is 0. The molecule has 0 saturated carbocycles. The predicted octanol–water partition coefficient (Wildman–Crippen LogP) is 4.89. The van der Waals surface area contributed by atoms with Crippen LogP contribution in [-0.4, -0.2) is 11.9 Å². The Morgan fingerprint density at radius 3 is 2.34 bits per heavy atom. The molecule has 1 aliphatic carbocycles. The number of aryl methyl sites for hydroxylation is 2. The zero-order valence-electron chi connectivity index (χ0n) is 19.2. The van der Waals surface area contributed by atoms with Crippen molar-refractivity contribution in [1.29, 1.82) is 0 Å². The highest BCUT2D eigenvalue weighted by atomic mass is 16.5. The first-order chi connectivity index (χ1) is 17.1. The molecule has 1 atom stereocenters. The lowest BCUT2D eigenvalue weighted by Gasteiger charge is -2.19. The van der Waals surface area contributed by atoms with Crippen molar-refractivity contribution in [2.45, 2.75) is 38.3 Å². The van der Waals surface area contributed by atoms with Gasteiger partial charge in [0, 0.05) is 22.6 Å². The van der Waals surface area contributed by atoms with E-state index >= 15 is 0 Å². The number of benzene rings is 3. The Morgan fingerprint density at radius 2 is 1.60 bits per heavy atom. The lowest BCUT2D eigenvalue weighted by Crippen LogP contribution is -2.30. The Labute approximate surface area is 202 Å². The van der Waals surface area contributed by atoms with Crippen LogP contribution in [0, 0.1) is 0 Å². The number of nitrogens with one attached hydrogen (secondary N) is 1. The molecule has 1 unspecified atom stereocenters. The molecule has 0 radical (unpaired) electrons. The van der Waals surface area contributed by atoms with Gasteiger partial charge in [-0.15, -0.1) is 0 Å². The highest BCUT2D eigenvalue weighted by molar-refractivity contribution is 5.94. The quantitative estimate of drug-likeness (QED) is 0.309. The van der Waals surface area contributed by atoms with Crippen LogP contribution < -0.4 is 10.9 Å². The van der Waals surface area contributed by atoms with Gasteiger partial charge >= 0.3 is 11.6 Å². The van der Waals surface area contributed by atoms with Gasteiger partial charge in [-0.3, -0.25) is 9.59 Å². The standard InChI is InChI=1S/C29H25NO5/c31-27(17-25(19-8-3-1-4-9-19)30-29(33)20-10-5-2-6-11-20)34-18-23-16-28(32)35-26-15-22-13-7-12-21(22)14-24(23)26/h1-6,8-11,14-16,25H,7,12-13,17-18H2,(H,30,33). The summed E-state index contributed by atoms with van der Waals surface area (Å²) in [6.07, 6.45) is 3.00. The van der Waals surface area contributed by atoms with Gasteiger partial charge in [-0.2, -0.15) is 0 Å². The second-order valence-electron chi connectivity index (χ2n) is 8.73. The fourth-order valence-corrected chi connectivity index (χ4v) is 4.57. The number of carbonyl (C=O) groups excluding carboxylic acids is 2. The molecule has 0 fully saturated rings. The zero-order chi connectivity index (χ0) is 24.2. The average Bonchev–Trinajstić information content (AvgIpc) is 3.34. The monoisotopic (exact) mass is 467 g/mol. The number of ether oxygens (including phenoxy) is 1. The van der Waals surface area contributed by atoms with E-state index in [0.717, 1.165) is 30.2 Å². The van der Waals surface area contributed by atoms with Crippen LogP contribution in [0.25, 0.3) is 11.0 Å². The molecule has 6 nitrogen and oxygen atoms in total. The number of amides is 1. The van der Waals surface area contributed by atoms with Crippen LogP contribution in [0.3, 0.4) is 0 Å². The molecule has 35 heavy (non-hydrogen) atoms. The maximum atomic E-state index is 12.9. The van der Waals surface area contributed by atoms with Crippen molar-refractivity contribution in [2.24, 2.45) is 0 Å². The number of carbonyl (C=O) groups is 2. The summed E-state index contributed by atoms with van der Waals surface area (Å²) >= 11 is 0. The lowest BCUT2D eigenvalue weighted by molar-refractivity contribution is -0.145. The van der Waals surface area contributed by atoms with Crippen molar-refractivity contribution < 1.29 is 18.7 Å². The average molecular weight is 468 g/mol. The van der Waals surface area contributed by atoms with Crippen LogP contribution in [0.5, 0.6) is 0 Å². The van der Waals surface area contributed by atoms with Crippen molar-refractivity contribution in [1.82, 2.24) is 5.32 Å². The SMILES string of the molecule is O=C(CC(NC(=O)c1ccccc1)c1ccccc1)OCc1cc(=O)oc2cc3c(cc12)CCC3. The first kappa shape index (κ1) is 22.6. The van der Waals surface area contributed by atoms with Crippen LogP contribution in [0.1, 0.15) is 51.5 Å². The number of hydrogen-bond acceptors (Lipinski definition) is 5. The summed E-state index contributed by atoms with van der Waals surface area (Å²) in [6.45, 7) is -0.0478. The summed E-state index contributed by atoms with van der Waals surface area (Å²) < 4.78 is 11.0. The van der Waals surface area contributed by atoms with Crippen molar-refractivity contribution in [2.75, 3.05) is 0 Å². The number of hydrogen-bond donors (Lipinski definition) is 1. The Kier molecular flexibility index (Phi) is 6.44. The highest BCUT2D eigenvalue weighted by Gasteiger charge is 2.21. The minimum atomic E-state index is -0.558. The van der Waals surface area contributed by atoms with Crippen LogP contribution in [-0.2, 0) is 29.0 Å². The maximum absolute atomic E-state index is 12.9. The van der Waals surface area contributed by atoms with Gasteiger partial charge in [-0.05, 0) is 60.2 Å². The molecular weight excluding hydrogens is 442 g/mol. The van der Waals surface area contributed by atoms with E-state index in [4.69, 9.17) is 9.15 Å². The van der Waals surface area contributed by atoms with Gasteiger partial charge in [0.2, 0.25) is 0 Å². The van der Waals surface area contributed by atoms with Gasteiger partial charge in [0.05, 0.1) is 12.5 Å². The molecule has 0 saturated heterocycles. The van der Waals surface area contributed by atoms with Gasteiger partial charge in [0.1, 0.15) is 12.2 Å². The van der Waals surface area contributed by atoms with Gasteiger partial charge < -0.3 is 14.5 Å². The Balaban J connectivity index is 1.32. The van der Waals surface area contributed by atoms with Crippen molar-refractivity contribution >= 4 is 22.8 Å². The summed E-state index contributed by atoms with van der Waals surface area (Å²) in [5.41, 5.74) is 4.41. The fraction of sp³-hybridized carbons (Fsp3) is 0.207. The third kappa shape index (κ3) is 5.17. The molecule has 3 aromatic carbocycles. The Hall–Kier alpha value is -4.19. The van der Waals surface area contributed by atoms with Gasteiger partial charge in [0.15, 0.2) is 0 Å². The van der Waals surface area contributed by atoms with E-state index < -0.39 is 17.6 Å². The lowest BCUT2D eigenvalue weighted by atomic mass is 10.0. The fourth-order valence-electron chi connectivity index (χ4n) is 4.57. The van der Waals surface area contributed by atoms with Crippen LogP contribution in [0.4, 0.5) is 0 Å². The molecule has 0 aliphatic heterocycles. The molecule has 4 aromatic rings. The first-order valence-electron chi connectivity index (χ1n) is 11.7. The minimum Gasteiger partial charge on any atom is -0.461 e. The highest BCUT2D eigenvalue weighted by Crippen LogP contribution is 2.29. The third-order valence-electron chi connectivity index (χ3n) is 6.35. The largest absolute Gasteiger partial charge is 0.461 e. The molecule has 1 amide bonds. The van der Waals surface area contributed by atoms with Crippen molar-refractivity contribution in [3.63, 3.8) is 0 Å². The molecule has 1 aliphatic rings. The number of fused-ring (bicyclic) bond motifs is 2. The molecule has 1 aromatic heterocycles. The molecule has 0 spiro atoms. The maximum Gasteiger partial charge on any atom is 0.336 e. The second kappa shape index (κ2) is 9.97. The minimum absolute atomic E-state index is 0.0443. The van der Waals surface area contributed by atoms with E-state index in [-0.39, 0.29) is 18.9 Å². The Morgan fingerprint density at radius 1 is 0.914 bits per heavy atom. The van der Waals surface area contributed by atoms with Crippen molar-refractivity contribution in [3.05, 3.63) is 117 Å². The number of esters is 1. The van der Waals surface area contributed by atoms with Gasteiger partial charge in [-0.25, -0.2) is 4.79 Å². The zero-order valence-corrected chi connectivity index (χ0v) is 19.2. The van der Waals surface area contributed by atoms with Crippen LogP contribution in [0.2, 0.25) is 0 Å². The predicted molar refractivity (Wildman–Crippen MR) is 132 cm³/mol. The van der Waals surface area contributed by atoms with Crippen LogP contribution in [0.15, 0.2) is 88.1 Å². The van der Waals surface area contributed by atoms with E-state index in [1.54, 1.807) is 24.3 Å². The Bertz CT molecular complexity index is 1430. The molecule has 0 bridgehead atoms. The van der Waals surface area contributed by atoms with E-state index in [1.165, 1.54) is 17.2 Å². The second-order valence-corrected chi connectivity index (χ2v) is 8.73. The first-order valence-corrected chi connectivity index (χ1v) is 11.7. The van der Waals surface area contributed by atoms with E-state index in [1.807, 2.05) is 48.5 Å². The van der Waals surface area contributed by atoms with Gasteiger partial charge in [0.25, 0.3) is 5.91 Å². The summed E-state index contributed by atoms with van der Waals surface area (Å²) in [5, 5.41) is 3.73. The summed E-state index contributed by atoms with van der Waals surface area (Å²) in [4.78, 5) is 37.7. The molecule has 6 heteroatoms. The smallest absolute Gasteiger partial charge is 0.336 e. The topological polar surface area (TPSA) is 85.6 Å². The van der Waals surface area contributed by atoms with Crippen molar-refractivity contribution in [3.8, 4) is 0 Å². The number of rotatable bonds is 7. The van der Waals surface area contributed by atoms with E-state index in [0.29, 0.717) is 16.7 Å². The third-order valence-corrected chi connectivity index (χ3v) is 6.35. The van der Waals surface area contributed by atoms with E-state index in [9.17, 15) is 14.4 Å². The van der Waals surface area contributed by atoms with Gasteiger partial charge in [-0.1, -0.05) is 48.5 Å². The summed E-state index contributed by atoms with van der Waals surface area (Å²) in [6, 6.07) is 23.0. The molecule has 5 rings (SSSR count). The van der Waals surface area contributed by atoms with Crippen LogP contribution >= 0.6 is 0 Å². The normalized spacial score (nSPS) is 13.3. The molecule has 176 valence electrons. The molecular formula is C29H25NO5. The van der Waals surface area contributed by atoms with E-state index in [2.05, 4.69) is 5.32 Å². The molecule has 1 heterocycles. The molecule has 1 N–H and O–H groups in total.